The van der Waals surface area contributed by atoms with Crippen molar-refractivity contribution in [2.75, 3.05) is 7.11 Å². The third-order valence-corrected chi connectivity index (χ3v) is 7.37. The quantitative estimate of drug-likeness (QED) is 0.280. The van der Waals surface area contributed by atoms with Crippen LogP contribution >= 0.6 is 0 Å². The topological polar surface area (TPSA) is 77.2 Å². The van der Waals surface area contributed by atoms with E-state index < -0.39 is 23.4 Å². The van der Waals surface area contributed by atoms with Crippen molar-refractivity contribution in [3.8, 4) is 28.2 Å². The van der Waals surface area contributed by atoms with Gasteiger partial charge >= 0.3 is 12.1 Å². The number of alkyl halides is 3. The number of carboxylic acid groups (broad SMARTS) is 1. The largest absolute Gasteiger partial charge is 0.478 e. The molecule has 202 valence electrons. The number of carboxylic acids is 1. The number of hydrogen-bond donors (Lipinski definition) is 1. The van der Waals surface area contributed by atoms with Crippen molar-refractivity contribution in [1.29, 1.82) is 0 Å². The number of pyridine rings is 1. The Morgan fingerprint density at radius 3 is 2.36 bits per heavy atom. The summed E-state index contributed by atoms with van der Waals surface area (Å²) in [5, 5.41) is 13.0. The minimum absolute atomic E-state index is 0.123. The maximum Gasteiger partial charge on any atom is 0.434 e. The lowest BCUT2D eigenvalue weighted by Gasteiger charge is -2.28. The number of ether oxygens (including phenoxy) is 1. The molecule has 1 N–H and O–H groups in total. The molecule has 2 aromatic heterocycles. The zero-order chi connectivity index (χ0) is 27.7. The van der Waals surface area contributed by atoms with E-state index in [0.717, 1.165) is 47.9 Å². The van der Waals surface area contributed by atoms with Gasteiger partial charge in [-0.2, -0.15) is 18.3 Å². The summed E-state index contributed by atoms with van der Waals surface area (Å²) in [5.41, 5.74) is 3.02. The second-order valence-electron chi connectivity index (χ2n) is 9.88. The van der Waals surface area contributed by atoms with Crippen molar-refractivity contribution in [2.24, 2.45) is 0 Å². The summed E-state index contributed by atoms with van der Waals surface area (Å²) in [6.07, 6.45) is 0.369. The fourth-order valence-electron chi connectivity index (χ4n) is 5.33. The minimum Gasteiger partial charge on any atom is -0.478 e. The van der Waals surface area contributed by atoms with Crippen LogP contribution in [-0.4, -0.2) is 39.1 Å². The molecule has 9 heteroatoms. The van der Waals surface area contributed by atoms with Crippen LogP contribution in [0.4, 0.5) is 13.2 Å². The summed E-state index contributed by atoms with van der Waals surface area (Å²) in [4.78, 5) is 15.9. The van der Waals surface area contributed by atoms with E-state index in [0.29, 0.717) is 28.6 Å². The lowest BCUT2D eigenvalue weighted by Crippen LogP contribution is -2.19. The Bertz CT molecular complexity index is 1490. The number of aryl methyl sites for hydroxylation is 1. The molecule has 0 amide bonds. The minimum atomic E-state index is -4.93. The molecule has 0 spiro atoms. The zero-order valence-electron chi connectivity index (χ0n) is 21.6. The fraction of sp³-hybridized carbons (Fsp3) is 0.300. The standard InChI is InChI=1S/C30H28F3N3O3/c1-18-6-15-23(21-9-7-19(8-10-21)20-11-13-22(39-2)14-12-20)24(16-18)26-4-3-5-27(35-26)36-28(30(31,32)33)25(17-34-36)29(37)38/h3-10,15-17,20,22H,11-14H2,1-2H3,(H,37,38). The zero-order valence-corrected chi connectivity index (χ0v) is 21.6. The number of aromatic nitrogens is 3. The number of methoxy groups -OCH3 is 1. The highest BCUT2D eigenvalue weighted by molar-refractivity contribution is 5.89. The van der Waals surface area contributed by atoms with Gasteiger partial charge in [-0.25, -0.2) is 14.5 Å². The van der Waals surface area contributed by atoms with Crippen molar-refractivity contribution < 1.29 is 27.8 Å². The first-order chi connectivity index (χ1) is 18.7. The monoisotopic (exact) mass is 535 g/mol. The second-order valence-corrected chi connectivity index (χ2v) is 9.88. The molecule has 6 nitrogen and oxygen atoms in total. The van der Waals surface area contributed by atoms with Crippen LogP contribution < -0.4 is 0 Å². The van der Waals surface area contributed by atoms with E-state index >= 15 is 0 Å². The first-order valence-corrected chi connectivity index (χ1v) is 12.8. The lowest BCUT2D eigenvalue weighted by atomic mass is 9.82. The average Bonchev–Trinajstić information content (AvgIpc) is 3.40. The van der Waals surface area contributed by atoms with E-state index in [2.05, 4.69) is 34.3 Å². The van der Waals surface area contributed by atoms with Gasteiger partial charge in [-0.1, -0.05) is 48.0 Å². The van der Waals surface area contributed by atoms with E-state index in [4.69, 9.17) is 4.74 Å². The van der Waals surface area contributed by atoms with E-state index in [1.165, 1.54) is 11.6 Å². The molecule has 1 fully saturated rings. The smallest absolute Gasteiger partial charge is 0.434 e. The number of benzene rings is 2. The Morgan fingerprint density at radius 1 is 1.00 bits per heavy atom. The van der Waals surface area contributed by atoms with Crippen molar-refractivity contribution >= 4 is 5.97 Å². The fourth-order valence-corrected chi connectivity index (χ4v) is 5.33. The third-order valence-electron chi connectivity index (χ3n) is 7.37. The summed E-state index contributed by atoms with van der Waals surface area (Å²) >= 11 is 0. The van der Waals surface area contributed by atoms with Gasteiger partial charge in [-0.15, -0.1) is 0 Å². The Hall–Kier alpha value is -3.98. The van der Waals surface area contributed by atoms with Gasteiger partial charge < -0.3 is 9.84 Å². The highest BCUT2D eigenvalue weighted by Crippen LogP contribution is 2.38. The highest BCUT2D eigenvalue weighted by atomic mass is 19.4. The molecule has 5 rings (SSSR count). The van der Waals surface area contributed by atoms with Gasteiger partial charge in [0.2, 0.25) is 0 Å². The average molecular weight is 536 g/mol. The maximum absolute atomic E-state index is 13.8. The maximum atomic E-state index is 13.8. The van der Waals surface area contributed by atoms with Crippen molar-refractivity contribution in [3.63, 3.8) is 0 Å². The predicted octanol–water partition coefficient (Wildman–Crippen LogP) is 7.30. The molecule has 0 bridgehead atoms. The van der Waals surface area contributed by atoms with Crippen molar-refractivity contribution in [1.82, 2.24) is 14.8 Å². The van der Waals surface area contributed by atoms with Crippen LogP contribution in [-0.2, 0) is 10.9 Å². The van der Waals surface area contributed by atoms with E-state index in [9.17, 15) is 23.1 Å². The van der Waals surface area contributed by atoms with Crippen LogP contribution in [0, 0.1) is 6.92 Å². The molecule has 2 heterocycles. The number of hydrogen-bond acceptors (Lipinski definition) is 4. The molecule has 2 aromatic carbocycles. The second kappa shape index (κ2) is 10.6. The van der Waals surface area contributed by atoms with E-state index in [1.54, 1.807) is 19.2 Å². The van der Waals surface area contributed by atoms with E-state index in [1.807, 2.05) is 25.1 Å². The Morgan fingerprint density at radius 2 is 1.72 bits per heavy atom. The summed E-state index contributed by atoms with van der Waals surface area (Å²) < 4.78 is 47.4. The predicted molar refractivity (Wildman–Crippen MR) is 141 cm³/mol. The van der Waals surface area contributed by atoms with Crippen LogP contribution in [0.5, 0.6) is 0 Å². The van der Waals surface area contributed by atoms with Gasteiger partial charge in [0.15, 0.2) is 11.5 Å². The molecule has 0 radical (unpaired) electrons. The first-order valence-electron chi connectivity index (χ1n) is 12.8. The molecule has 39 heavy (non-hydrogen) atoms. The third kappa shape index (κ3) is 5.45. The molecule has 1 aliphatic rings. The molecular weight excluding hydrogens is 507 g/mol. The van der Waals surface area contributed by atoms with Crippen LogP contribution in [0.15, 0.2) is 66.9 Å². The summed E-state index contributed by atoms with van der Waals surface area (Å²) in [5.74, 6) is -1.34. The highest BCUT2D eigenvalue weighted by Gasteiger charge is 2.41. The number of halogens is 3. The van der Waals surface area contributed by atoms with Crippen molar-refractivity contribution in [2.45, 2.75) is 50.8 Å². The lowest BCUT2D eigenvalue weighted by molar-refractivity contribution is -0.143. The Labute approximate surface area is 224 Å². The van der Waals surface area contributed by atoms with Crippen LogP contribution in [0.25, 0.3) is 28.2 Å². The van der Waals surface area contributed by atoms with Gasteiger partial charge in [0.1, 0.15) is 5.56 Å². The molecule has 4 aromatic rings. The number of nitrogens with zero attached hydrogens (tertiary/aromatic N) is 3. The van der Waals surface area contributed by atoms with Gasteiger partial charge in [-0.3, -0.25) is 0 Å². The van der Waals surface area contributed by atoms with Crippen molar-refractivity contribution in [3.05, 3.63) is 89.2 Å². The summed E-state index contributed by atoms with van der Waals surface area (Å²) in [7, 11) is 1.76. The van der Waals surface area contributed by atoms with Crippen LogP contribution in [0.3, 0.4) is 0 Å². The van der Waals surface area contributed by atoms with Crippen LogP contribution in [0.1, 0.15) is 58.8 Å². The number of carbonyl (C=O) groups is 1. The Kier molecular flexibility index (Phi) is 7.27. The molecular formula is C30H28F3N3O3. The van der Waals surface area contributed by atoms with Gasteiger partial charge in [-0.05, 0) is 73.4 Å². The number of aromatic carboxylic acids is 1. The molecule has 0 unspecified atom stereocenters. The normalized spacial score (nSPS) is 17.8. The van der Waals surface area contributed by atoms with Gasteiger partial charge in [0.05, 0.1) is 18.0 Å². The summed E-state index contributed by atoms with van der Waals surface area (Å²) in [6.45, 7) is 1.94. The number of rotatable bonds is 6. The molecule has 0 aliphatic heterocycles. The van der Waals surface area contributed by atoms with Gasteiger partial charge in [0.25, 0.3) is 0 Å². The van der Waals surface area contributed by atoms with Gasteiger partial charge in [0, 0.05) is 12.7 Å². The molecule has 0 saturated heterocycles. The van der Waals surface area contributed by atoms with E-state index in [-0.39, 0.29) is 5.82 Å². The molecule has 1 saturated carbocycles. The molecule has 0 atom stereocenters. The van der Waals surface area contributed by atoms with Crippen LogP contribution in [0.2, 0.25) is 0 Å². The first kappa shape index (κ1) is 26.6. The Balaban J connectivity index is 1.51. The molecule has 1 aliphatic carbocycles. The summed E-state index contributed by atoms with van der Waals surface area (Å²) in [6, 6.07) is 19.0. The SMILES string of the molecule is COC1CCC(c2ccc(-c3ccc(C)cc3-c3cccc(-n4ncc(C(=O)O)c4C(F)(F)F)n3)cc2)CC1.